The first-order valence-corrected chi connectivity index (χ1v) is 14.9. The summed E-state index contributed by atoms with van der Waals surface area (Å²) in [7, 11) is 0. The van der Waals surface area contributed by atoms with Crippen LogP contribution < -0.4 is 10.3 Å². The quantitative estimate of drug-likeness (QED) is 0.203. The first-order valence-electron chi connectivity index (χ1n) is 13.7. The highest BCUT2D eigenvalue weighted by atomic mass is 35.5. The summed E-state index contributed by atoms with van der Waals surface area (Å²) in [5.41, 5.74) is 3.98. The number of carbonyl (C=O) groups is 1. The molecule has 212 valence electrons. The number of hydrogen-bond acceptors (Lipinski definition) is 8. The molecule has 1 saturated carbocycles. The number of hydrogen-bond donors (Lipinski definition) is 1. The predicted molar refractivity (Wildman–Crippen MR) is 162 cm³/mol. The van der Waals surface area contributed by atoms with E-state index in [1.54, 1.807) is 36.7 Å². The van der Waals surface area contributed by atoms with Crippen molar-refractivity contribution in [2.45, 2.75) is 52.0 Å². The van der Waals surface area contributed by atoms with Crippen molar-refractivity contribution in [2.24, 2.45) is 0 Å². The van der Waals surface area contributed by atoms with Crippen LogP contribution in [0.1, 0.15) is 65.2 Å². The lowest BCUT2D eigenvalue weighted by Crippen LogP contribution is -2.27. The van der Waals surface area contributed by atoms with Crippen LogP contribution in [0.5, 0.6) is 5.75 Å². The molecule has 4 aromatic heterocycles. The molecule has 0 spiro atoms. The highest BCUT2D eigenvalue weighted by molar-refractivity contribution is 7.18. The number of nitriles is 1. The number of carboxylic acids is 1. The fourth-order valence-electron chi connectivity index (χ4n) is 5.26. The van der Waals surface area contributed by atoms with Crippen LogP contribution in [-0.4, -0.2) is 37.2 Å². The molecular formula is C31H26ClN5O4S. The smallest absolute Gasteiger partial charge is 0.338 e. The summed E-state index contributed by atoms with van der Waals surface area (Å²) in [4.78, 5) is 39.2. The lowest BCUT2D eigenvalue weighted by atomic mass is 10.0. The predicted octanol–water partition coefficient (Wildman–Crippen LogP) is 6.51. The van der Waals surface area contributed by atoms with Crippen LogP contribution in [-0.2, 0) is 13.0 Å². The van der Waals surface area contributed by atoms with Gasteiger partial charge in [0, 0.05) is 33.1 Å². The number of aryl methyl sites for hydroxylation is 2. The average Bonchev–Trinajstić information content (AvgIpc) is 3.72. The van der Waals surface area contributed by atoms with Gasteiger partial charge in [0.15, 0.2) is 0 Å². The van der Waals surface area contributed by atoms with Gasteiger partial charge in [-0.15, -0.1) is 11.3 Å². The van der Waals surface area contributed by atoms with Crippen molar-refractivity contribution in [3.63, 3.8) is 0 Å². The lowest BCUT2D eigenvalue weighted by molar-refractivity contribution is 0.0699. The van der Waals surface area contributed by atoms with Crippen molar-refractivity contribution in [1.82, 2.24) is 19.5 Å². The summed E-state index contributed by atoms with van der Waals surface area (Å²) in [5, 5.41) is 22.0. The zero-order valence-corrected chi connectivity index (χ0v) is 24.6. The van der Waals surface area contributed by atoms with Crippen molar-refractivity contribution >= 4 is 50.0 Å². The van der Waals surface area contributed by atoms with Crippen LogP contribution in [0, 0.1) is 18.3 Å². The molecule has 11 heteroatoms. The molecule has 0 unspecified atom stereocenters. The third kappa shape index (κ3) is 4.99. The second-order valence-electron chi connectivity index (χ2n) is 10.3. The molecule has 0 bridgehead atoms. The number of halogens is 1. The van der Waals surface area contributed by atoms with Gasteiger partial charge in [-0.1, -0.05) is 24.9 Å². The van der Waals surface area contributed by atoms with Gasteiger partial charge in [0.1, 0.15) is 24.3 Å². The molecule has 5 aromatic rings. The van der Waals surface area contributed by atoms with E-state index < -0.39 is 5.97 Å². The fraction of sp³-hybridized carbons (Fsp3) is 0.290. The first-order chi connectivity index (χ1) is 20.3. The second-order valence-corrected chi connectivity index (χ2v) is 11.6. The van der Waals surface area contributed by atoms with Gasteiger partial charge in [0.05, 0.1) is 50.7 Å². The van der Waals surface area contributed by atoms with Gasteiger partial charge in [0.25, 0.3) is 5.56 Å². The molecular weight excluding hydrogens is 574 g/mol. The Morgan fingerprint density at radius 1 is 1.26 bits per heavy atom. The summed E-state index contributed by atoms with van der Waals surface area (Å²) < 4.78 is 8.50. The molecule has 0 amide bonds. The number of thiophene rings is 1. The monoisotopic (exact) mass is 599 g/mol. The molecule has 6 rings (SSSR count). The minimum atomic E-state index is -1.03. The van der Waals surface area contributed by atoms with Gasteiger partial charge in [-0.25, -0.2) is 9.78 Å². The summed E-state index contributed by atoms with van der Waals surface area (Å²) in [6.45, 7) is 4.14. The number of aromatic nitrogens is 4. The summed E-state index contributed by atoms with van der Waals surface area (Å²) in [6.07, 6.45) is 5.05. The van der Waals surface area contributed by atoms with E-state index in [0.717, 1.165) is 35.2 Å². The van der Waals surface area contributed by atoms with Gasteiger partial charge in [-0.2, -0.15) is 5.26 Å². The van der Waals surface area contributed by atoms with Crippen molar-refractivity contribution < 1.29 is 14.6 Å². The number of fused-ring (bicyclic) bond motifs is 2. The SMILES string of the molecule is CCCc1cc(-c2cc(Cl)ccc2OCCn2c(C)nc3cnc(C4CC4)c(C#N)c3c2=O)c2scc(C(=O)O)c2n1. The molecule has 0 radical (unpaired) electrons. The number of pyridine rings is 2. The van der Waals surface area contributed by atoms with Crippen LogP contribution in [0.15, 0.2) is 40.6 Å². The Balaban J connectivity index is 1.36. The normalized spacial score (nSPS) is 13.0. The molecule has 0 aliphatic heterocycles. The summed E-state index contributed by atoms with van der Waals surface area (Å²) in [5.74, 6) is 0.228. The van der Waals surface area contributed by atoms with E-state index in [-0.39, 0.29) is 30.2 Å². The summed E-state index contributed by atoms with van der Waals surface area (Å²) >= 11 is 7.74. The number of benzene rings is 1. The van der Waals surface area contributed by atoms with Gasteiger partial charge >= 0.3 is 5.97 Å². The van der Waals surface area contributed by atoms with E-state index >= 15 is 0 Å². The maximum atomic E-state index is 13.6. The minimum absolute atomic E-state index is 0.145. The number of ether oxygens (including phenoxy) is 1. The zero-order chi connectivity index (χ0) is 29.5. The van der Waals surface area contributed by atoms with E-state index in [1.807, 2.05) is 13.0 Å². The Morgan fingerprint density at radius 3 is 2.79 bits per heavy atom. The molecule has 1 aromatic carbocycles. The molecule has 0 saturated heterocycles. The number of carboxylic acid groups (broad SMARTS) is 1. The molecule has 1 fully saturated rings. The maximum absolute atomic E-state index is 13.6. The van der Waals surface area contributed by atoms with Crippen LogP contribution in [0.3, 0.4) is 0 Å². The van der Waals surface area contributed by atoms with Gasteiger partial charge < -0.3 is 9.84 Å². The largest absolute Gasteiger partial charge is 0.491 e. The Bertz CT molecular complexity index is 1990. The van der Waals surface area contributed by atoms with Crippen molar-refractivity contribution in [1.29, 1.82) is 5.26 Å². The first kappa shape index (κ1) is 27.8. The third-order valence-electron chi connectivity index (χ3n) is 7.41. The molecule has 1 aliphatic carbocycles. The molecule has 4 heterocycles. The second kappa shape index (κ2) is 11.2. The Morgan fingerprint density at radius 2 is 2.07 bits per heavy atom. The minimum Gasteiger partial charge on any atom is -0.491 e. The summed E-state index contributed by atoms with van der Waals surface area (Å²) in [6, 6.07) is 9.45. The van der Waals surface area contributed by atoms with Crippen LogP contribution in [0.2, 0.25) is 5.02 Å². The van der Waals surface area contributed by atoms with Crippen molar-refractivity contribution in [3.8, 4) is 22.9 Å². The average molecular weight is 600 g/mol. The number of rotatable bonds is 9. The molecule has 42 heavy (non-hydrogen) atoms. The zero-order valence-electron chi connectivity index (χ0n) is 23.0. The Kier molecular flexibility index (Phi) is 7.39. The highest BCUT2D eigenvalue weighted by Crippen LogP contribution is 2.42. The van der Waals surface area contributed by atoms with Crippen molar-refractivity contribution in [2.75, 3.05) is 6.61 Å². The van der Waals surface area contributed by atoms with E-state index in [4.69, 9.17) is 16.3 Å². The van der Waals surface area contributed by atoms with Gasteiger partial charge in [0.2, 0.25) is 0 Å². The standard InChI is InChI=1S/C31H26ClN5O4S/c1-3-4-19-12-21(29-28(36-19)23(15-42-29)31(39)40)20-11-18(32)7-8-25(20)41-10-9-37-16(2)35-24-14-34-27(17-5-6-17)22(13-33)26(24)30(37)38/h7-8,11-12,14-15,17H,3-6,9-10H2,1-2H3,(H,39,40). The number of nitrogens with zero attached hydrogens (tertiary/aromatic N) is 5. The lowest BCUT2D eigenvalue weighted by Gasteiger charge is -2.16. The molecule has 1 N–H and O–H groups in total. The van der Waals surface area contributed by atoms with Gasteiger partial charge in [-0.05, 0) is 50.5 Å². The molecule has 1 aliphatic rings. The van der Waals surface area contributed by atoms with E-state index in [2.05, 4.69) is 21.0 Å². The highest BCUT2D eigenvalue weighted by Gasteiger charge is 2.30. The molecule has 0 atom stereocenters. The maximum Gasteiger partial charge on any atom is 0.338 e. The van der Waals surface area contributed by atoms with Crippen LogP contribution in [0.25, 0.3) is 32.2 Å². The molecule has 9 nitrogen and oxygen atoms in total. The Hall–Kier alpha value is -4.33. The van der Waals surface area contributed by atoms with E-state index in [9.17, 15) is 20.0 Å². The van der Waals surface area contributed by atoms with Crippen LogP contribution in [0.4, 0.5) is 0 Å². The number of aromatic carboxylic acids is 1. The van der Waals surface area contributed by atoms with E-state index in [0.29, 0.717) is 56.3 Å². The van der Waals surface area contributed by atoms with Crippen LogP contribution >= 0.6 is 22.9 Å². The fourth-order valence-corrected chi connectivity index (χ4v) is 6.44. The van der Waals surface area contributed by atoms with Crippen molar-refractivity contribution in [3.05, 3.63) is 79.6 Å². The topological polar surface area (TPSA) is 131 Å². The van der Waals surface area contributed by atoms with E-state index in [1.165, 1.54) is 15.9 Å². The Labute approximate surface area is 250 Å². The third-order valence-corrected chi connectivity index (χ3v) is 8.65. The van der Waals surface area contributed by atoms with Gasteiger partial charge in [-0.3, -0.25) is 19.3 Å².